The predicted molar refractivity (Wildman–Crippen MR) is 74.3 cm³/mol. The number of ketones is 1. The Morgan fingerprint density at radius 1 is 1.25 bits per heavy atom. The number of rotatable bonds is 6. The van der Waals surface area contributed by atoms with Gasteiger partial charge in [-0.05, 0) is 24.1 Å². The highest BCUT2D eigenvalue weighted by molar-refractivity contribution is 9.10. The van der Waals surface area contributed by atoms with Gasteiger partial charge in [-0.3, -0.25) is 4.79 Å². The highest BCUT2D eigenvalue weighted by Crippen LogP contribution is 2.20. The zero-order valence-corrected chi connectivity index (χ0v) is 12.8. The van der Waals surface area contributed by atoms with Crippen LogP contribution in [0.5, 0.6) is 5.75 Å². The second-order valence-electron chi connectivity index (χ2n) is 4.78. The van der Waals surface area contributed by atoms with Gasteiger partial charge in [-0.1, -0.05) is 41.9 Å². The third kappa shape index (κ3) is 5.94. The Morgan fingerprint density at radius 2 is 1.80 bits per heavy atom. The molecule has 0 fully saturated rings. The van der Waals surface area contributed by atoms with Crippen LogP contribution in [0.1, 0.15) is 19.4 Å². The summed E-state index contributed by atoms with van der Waals surface area (Å²) in [5, 5.41) is 0. The molecule has 0 radical (unpaired) electrons. The quantitative estimate of drug-likeness (QED) is 0.718. The minimum absolute atomic E-state index is 0.0613. The minimum atomic E-state index is -4.34. The summed E-state index contributed by atoms with van der Waals surface area (Å²) < 4.78 is 40.6. The number of hydrogen-bond acceptors (Lipinski definition) is 2. The van der Waals surface area contributed by atoms with Gasteiger partial charge in [0.1, 0.15) is 11.5 Å². The standard InChI is InChI=1S/C14H16BrF3O2/c1-9(2)13(19)12(15)7-10-3-5-11(6-4-10)20-8-14(16,17)18/h3-6,9,12H,7-8H2,1-2H3. The van der Waals surface area contributed by atoms with Crippen molar-refractivity contribution in [2.75, 3.05) is 6.61 Å². The lowest BCUT2D eigenvalue weighted by molar-refractivity contribution is -0.153. The summed E-state index contributed by atoms with van der Waals surface area (Å²) in [5.74, 6) is 0.198. The molecule has 1 aromatic rings. The van der Waals surface area contributed by atoms with E-state index in [0.717, 1.165) is 5.56 Å². The average Bonchev–Trinajstić information content (AvgIpc) is 2.36. The molecule has 2 nitrogen and oxygen atoms in total. The molecule has 0 saturated carbocycles. The molecular weight excluding hydrogens is 337 g/mol. The Kier molecular flexibility index (Phi) is 6.05. The fourth-order valence-corrected chi connectivity index (χ4v) is 2.46. The van der Waals surface area contributed by atoms with E-state index in [1.807, 2.05) is 13.8 Å². The van der Waals surface area contributed by atoms with Gasteiger partial charge in [-0.15, -0.1) is 0 Å². The molecule has 0 aliphatic heterocycles. The molecule has 0 aromatic heterocycles. The first-order chi connectivity index (χ1) is 9.19. The van der Waals surface area contributed by atoms with Crippen molar-refractivity contribution in [3.8, 4) is 5.75 Å². The monoisotopic (exact) mass is 352 g/mol. The molecule has 6 heteroatoms. The number of alkyl halides is 4. The molecule has 0 amide bonds. The van der Waals surface area contributed by atoms with Gasteiger partial charge in [0, 0.05) is 5.92 Å². The van der Waals surface area contributed by atoms with E-state index >= 15 is 0 Å². The summed E-state index contributed by atoms with van der Waals surface area (Å²) in [6.45, 7) is 2.34. The number of carbonyl (C=O) groups excluding carboxylic acids is 1. The summed E-state index contributed by atoms with van der Waals surface area (Å²) in [5.41, 5.74) is 0.861. The first-order valence-corrected chi connectivity index (χ1v) is 7.07. The van der Waals surface area contributed by atoms with Crippen molar-refractivity contribution in [3.63, 3.8) is 0 Å². The molecule has 0 saturated heterocycles. The lowest BCUT2D eigenvalue weighted by Gasteiger charge is -2.12. The summed E-state index contributed by atoms with van der Waals surface area (Å²) in [7, 11) is 0. The molecule has 1 aromatic carbocycles. The van der Waals surface area contributed by atoms with Crippen LogP contribution in [0.3, 0.4) is 0 Å². The van der Waals surface area contributed by atoms with Gasteiger partial charge in [-0.25, -0.2) is 0 Å². The largest absolute Gasteiger partial charge is 0.484 e. The third-order valence-corrected chi connectivity index (χ3v) is 3.39. The molecule has 0 heterocycles. The molecule has 0 N–H and O–H groups in total. The number of benzene rings is 1. The highest BCUT2D eigenvalue weighted by atomic mass is 79.9. The molecule has 1 atom stereocenters. The lowest BCUT2D eigenvalue weighted by Crippen LogP contribution is -2.21. The maximum atomic E-state index is 12.0. The summed E-state index contributed by atoms with van der Waals surface area (Å²) in [6, 6.07) is 6.27. The van der Waals surface area contributed by atoms with E-state index in [1.54, 1.807) is 12.1 Å². The molecule has 0 bridgehead atoms. The highest BCUT2D eigenvalue weighted by Gasteiger charge is 2.28. The van der Waals surface area contributed by atoms with Crippen LogP contribution in [0.2, 0.25) is 0 Å². The second kappa shape index (κ2) is 7.11. The molecule has 1 rings (SSSR count). The van der Waals surface area contributed by atoms with Crippen molar-refractivity contribution in [3.05, 3.63) is 29.8 Å². The summed E-state index contributed by atoms with van der Waals surface area (Å²) >= 11 is 3.33. The van der Waals surface area contributed by atoms with Crippen LogP contribution in [0.25, 0.3) is 0 Å². The van der Waals surface area contributed by atoms with E-state index < -0.39 is 12.8 Å². The second-order valence-corrected chi connectivity index (χ2v) is 5.88. The fourth-order valence-electron chi connectivity index (χ4n) is 1.56. The van der Waals surface area contributed by atoms with E-state index in [1.165, 1.54) is 12.1 Å². The number of halogens is 4. The van der Waals surface area contributed by atoms with Crippen LogP contribution in [0, 0.1) is 5.92 Å². The van der Waals surface area contributed by atoms with Crippen molar-refractivity contribution >= 4 is 21.7 Å². The lowest BCUT2D eigenvalue weighted by atomic mass is 10.0. The van der Waals surface area contributed by atoms with Crippen LogP contribution < -0.4 is 4.74 Å². The van der Waals surface area contributed by atoms with Crippen LogP contribution in [-0.4, -0.2) is 23.4 Å². The van der Waals surface area contributed by atoms with E-state index in [-0.39, 0.29) is 22.3 Å². The molecule has 112 valence electrons. The van der Waals surface area contributed by atoms with Crippen molar-refractivity contribution in [1.82, 2.24) is 0 Å². The van der Waals surface area contributed by atoms with E-state index in [2.05, 4.69) is 20.7 Å². The number of ether oxygens (including phenoxy) is 1. The van der Waals surface area contributed by atoms with Gasteiger partial charge < -0.3 is 4.74 Å². The summed E-state index contributed by atoms with van der Waals surface area (Å²) in [6.07, 6.45) is -3.85. The zero-order chi connectivity index (χ0) is 15.3. The van der Waals surface area contributed by atoms with Crippen LogP contribution in [-0.2, 0) is 11.2 Å². The number of Topliss-reactive ketones (excluding diaryl/α,β-unsaturated/α-hetero) is 1. The normalized spacial score (nSPS) is 13.3. The van der Waals surface area contributed by atoms with Gasteiger partial charge in [0.2, 0.25) is 0 Å². The van der Waals surface area contributed by atoms with Crippen molar-refractivity contribution in [2.45, 2.75) is 31.3 Å². The first kappa shape index (κ1) is 17.0. The Bertz CT molecular complexity index is 441. The van der Waals surface area contributed by atoms with Crippen LogP contribution in [0.15, 0.2) is 24.3 Å². The van der Waals surface area contributed by atoms with E-state index in [9.17, 15) is 18.0 Å². The van der Waals surface area contributed by atoms with Gasteiger partial charge in [0.25, 0.3) is 0 Å². The Morgan fingerprint density at radius 3 is 2.25 bits per heavy atom. The maximum absolute atomic E-state index is 12.0. The molecule has 20 heavy (non-hydrogen) atoms. The van der Waals surface area contributed by atoms with Gasteiger partial charge in [-0.2, -0.15) is 13.2 Å². The topological polar surface area (TPSA) is 26.3 Å². The molecular formula is C14H16BrF3O2. The third-order valence-electron chi connectivity index (χ3n) is 2.62. The number of carbonyl (C=O) groups is 1. The van der Waals surface area contributed by atoms with Gasteiger partial charge >= 0.3 is 6.18 Å². The van der Waals surface area contributed by atoms with Gasteiger partial charge in [0.05, 0.1) is 4.83 Å². The maximum Gasteiger partial charge on any atom is 0.422 e. The SMILES string of the molecule is CC(C)C(=O)C(Br)Cc1ccc(OCC(F)(F)F)cc1. The average molecular weight is 353 g/mol. The molecule has 0 aliphatic carbocycles. The van der Waals surface area contributed by atoms with Crippen LogP contribution in [0.4, 0.5) is 13.2 Å². The van der Waals surface area contributed by atoms with Crippen LogP contribution >= 0.6 is 15.9 Å². The minimum Gasteiger partial charge on any atom is -0.484 e. The van der Waals surface area contributed by atoms with E-state index in [4.69, 9.17) is 0 Å². The van der Waals surface area contributed by atoms with Gasteiger partial charge in [0.15, 0.2) is 6.61 Å². The zero-order valence-electron chi connectivity index (χ0n) is 11.2. The van der Waals surface area contributed by atoms with E-state index in [0.29, 0.717) is 6.42 Å². The molecule has 0 spiro atoms. The first-order valence-electron chi connectivity index (χ1n) is 6.15. The van der Waals surface area contributed by atoms with Crippen molar-refractivity contribution < 1.29 is 22.7 Å². The smallest absolute Gasteiger partial charge is 0.422 e. The van der Waals surface area contributed by atoms with Crippen molar-refractivity contribution in [1.29, 1.82) is 0 Å². The van der Waals surface area contributed by atoms with Crippen molar-refractivity contribution in [2.24, 2.45) is 5.92 Å². The Balaban J connectivity index is 2.56. The summed E-state index contributed by atoms with van der Waals surface area (Å²) in [4.78, 5) is 11.4. The fraction of sp³-hybridized carbons (Fsp3) is 0.500. The number of hydrogen-bond donors (Lipinski definition) is 0. The molecule has 1 unspecified atom stereocenters. The Hall–Kier alpha value is -1.04. The molecule has 0 aliphatic rings. The predicted octanol–water partition coefficient (Wildman–Crippen LogP) is 4.16. The Labute approximate surface area is 124 Å².